The first kappa shape index (κ1) is 11.3. The van der Waals surface area contributed by atoms with E-state index in [4.69, 9.17) is 16.3 Å². The molecule has 82 valence electrons. The maximum absolute atomic E-state index is 5.81. The molecule has 0 unspecified atom stereocenters. The molecular formula is C12H10ClNOS. The summed E-state index contributed by atoms with van der Waals surface area (Å²) in [6.07, 6.45) is 1.70. The molecule has 0 saturated carbocycles. The number of aromatic nitrogens is 1. The van der Waals surface area contributed by atoms with Gasteiger partial charge in [0, 0.05) is 16.0 Å². The second-order valence-corrected chi connectivity index (χ2v) is 4.63. The van der Waals surface area contributed by atoms with Gasteiger partial charge in [0.05, 0.1) is 7.11 Å². The lowest BCUT2D eigenvalue weighted by molar-refractivity contribution is 0.414. The zero-order valence-electron chi connectivity index (χ0n) is 8.68. The van der Waals surface area contributed by atoms with Gasteiger partial charge in [0.1, 0.15) is 10.9 Å². The molecule has 1 heterocycles. The highest BCUT2D eigenvalue weighted by molar-refractivity contribution is 7.99. The number of hydrogen-bond donors (Lipinski definition) is 0. The monoisotopic (exact) mass is 251 g/mol. The number of nitrogens with zero attached hydrogens (tertiary/aromatic N) is 1. The highest BCUT2D eigenvalue weighted by atomic mass is 35.5. The second-order valence-electron chi connectivity index (χ2n) is 3.09. The van der Waals surface area contributed by atoms with Crippen LogP contribution < -0.4 is 4.74 Å². The second kappa shape index (κ2) is 5.23. The Hall–Kier alpha value is -1.19. The Kier molecular flexibility index (Phi) is 3.70. The molecule has 0 aliphatic rings. The predicted octanol–water partition coefficient (Wildman–Crippen LogP) is 3.89. The van der Waals surface area contributed by atoms with Crippen LogP contribution in [0.25, 0.3) is 0 Å². The van der Waals surface area contributed by atoms with E-state index < -0.39 is 0 Å². The summed E-state index contributed by atoms with van der Waals surface area (Å²) in [5.41, 5.74) is 0. The van der Waals surface area contributed by atoms with Crippen molar-refractivity contribution in [1.82, 2.24) is 4.98 Å². The molecule has 0 radical (unpaired) electrons. The van der Waals surface area contributed by atoms with Crippen molar-refractivity contribution in [3.8, 4) is 5.75 Å². The van der Waals surface area contributed by atoms with E-state index in [1.807, 2.05) is 36.4 Å². The molecule has 2 rings (SSSR count). The highest BCUT2D eigenvalue weighted by Crippen LogP contribution is 2.29. The zero-order chi connectivity index (χ0) is 11.4. The summed E-state index contributed by atoms with van der Waals surface area (Å²) in [6, 6.07) is 11.7. The fourth-order valence-electron chi connectivity index (χ4n) is 1.23. The van der Waals surface area contributed by atoms with Gasteiger partial charge in [0.25, 0.3) is 0 Å². The number of methoxy groups -OCH3 is 1. The van der Waals surface area contributed by atoms with Gasteiger partial charge in [-0.05, 0) is 36.4 Å². The Bertz CT molecular complexity index is 473. The van der Waals surface area contributed by atoms with Crippen LogP contribution in [0.2, 0.25) is 5.15 Å². The summed E-state index contributed by atoms with van der Waals surface area (Å²) < 4.78 is 5.10. The molecule has 0 fully saturated rings. The summed E-state index contributed by atoms with van der Waals surface area (Å²) in [5.74, 6) is 0.858. The van der Waals surface area contributed by atoms with Gasteiger partial charge in [0.2, 0.25) is 0 Å². The lowest BCUT2D eigenvalue weighted by Crippen LogP contribution is -1.81. The molecule has 0 saturated heterocycles. The van der Waals surface area contributed by atoms with Gasteiger partial charge in [0.15, 0.2) is 0 Å². The highest BCUT2D eigenvalue weighted by Gasteiger charge is 1.99. The molecule has 1 aromatic carbocycles. The largest absolute Gasteiger partial charge is 0.497 e. The SMILES string of the molecule is COc1ccc(Sc2ccnc(Cl)c2)cc1. The lowest BCUT2D eigenvalue weighted by atomic mass is 10.3. The van der Waals surface area contributed by atoms with Crippen molar-refractivity contribution >= 4 is 23.4 Å². The molecule has 2 aromatic rings. The average Bonchev–Trinajstić information content (AvgIpc) is 2.30. The summed E-state index contributed by atoms with van der Waals surface area (Å²) in [6.45, 7) is 0. The molecule has 2 nitrogen and oxygen atoms in total. The third-order valence-electron chi connectivity index (χ3n) is 1.99. The molecule has 0 amide bonds. The Labute approximate surface area is 104 Å². The fraction of sp³-hybridized carbons (Fsp3) is 0.0833. The van der Waals surface area contributed by atoms with Gasteiger partial charge in [-0.1, -0.05) is 23.4 Å². The summed E-state index contributed by atoms with van der Waals surface area (Å²) in [7, 11) is 1.66. The van der Waals surface area contributed by atoms with Crippen LogP contribution in [0, 0.1) is 0 Å². The number of rotatable bonds is 3. The molecule has 0 spiro atoms. The van der Waals surface area contributed by atoms with Crippen molar-refractivity contribution in [2.75, 3.05) is 7.11 Å². The normalized spacial score (nSPS) is 10.1. The molecule has 0 atom stereocenters. The van der Waals surface area contributed by atoms with Crippen molar-refractivity contribution in [3.63, 3.8) is 0 Å². The number of halogens is 1. The van der Waals surface area contributed by atoms with Crippen molar-refractivity contribution in [1.29, 1.82) is 0 Å². The van der Waals surface area contributed by atoms with Crippen LogP contribution in [-0.2, 0) is 0 Å². The van der Waals surface area contributed by atoms with E-state index >= 15 is 0 Å². The average molecular weight is 252 g/mol. The van der Waals surface area contributed by atoms with Crippen LogP contribution in [-0.4, -0.2) is 12.1 Å². The maximum Gasteiger partial charge on any atom is 0.130 e. The summed E-state index contributed by atoms with van der Waals surface area (Å²) in [4.78, 5) is 6.16. The number of pyridine rings is 1. The fourth-order valence-corrected chi connectivity index (χ4v) is 2.31. The van der Waals surface area contributed by atoms with Crippen molar-refractivity contribution in [2.24, 2.45) is 0 Å². The Morgan fingerprint density at radius 3 is 2.50 bits per heavy atom. The van der Waals surface area contributed by atoms with Crippen molar-refractivity contribution in [2.45, 2.75) is 9.79 Å². The lowest BCUT2D eigenvalue weighted by Gasteiger charge is -2.03. The predicted molar refractivity (Wildman–Crippen MR) is 66.4 cm³/mol. The third kappa shape index (κ3) is 2.90. The molecule has 1 aromatic heterocycles. The van der Waals surface area contributed by atoms with E-state index in [-0.39, 0.29) is 0 Å². The third-order valence-corrected chi connectivity index (χ3v) is 3.20. The van der Waals surface area contributed by atoms with E-state index in [0.29, 0.717) is 5.15 Å². The standard InChI is InChI=1S/C12H10ClNOS/c1-15-9-2-4-10(5-3-9)16-11-6-7-14-12(13)8-11/h2-8H,1H3. The summed E-state index contributed by atoms with van der Waals surface area (Å²) in [5, 5.41) is 0.513. The van der Waals surface area contributed by atoms with Crippen LogP contribution in [0.15, 0.2) is 52.4 Å². The van der Waals surface area contributed by atoms with Crippen LogP contribution in [0.5, 0.6) is 5.75 Å². The van der Waals surface area contributed by atoms with E-state index in [9.17, 15) is 0 Å². The maximum atomic E-state index is 5.81. The van der Waals surface area contributed by atoms with Crippen LogP contribution in [0.4, 0.5) is 0 Å². The number of benzene rings is 1. The van der Waals surface area contributed by atoms with Gasteiger partial charge < -0.3 is 4.74 Å². The topological polar surface area (TPSA) is 22.1 Å². The zero-order valence-corrected chi connectivity index (χ0v) is 10.3. The molecule has 0 N–H and O–H groups in total. The van der Waals surface area contributed by atoms with Crippen LogP contribution in [0.1, 0.15) is 0 Å². The molecule has 0 aliphatic carbocycles. The first-order valence-corrected chi connectivity index (χ1v) is 5.91. The minimum Gasteiger partial charge on any atom is -0.497 e. The number of ether oxygens (including phenoxy) is 1. The molecule has 4 heteroatoms. The molecule has 16 heavy (non-hydrogen) atoms. The van der Waals surface area contributed by atoms with Crippen molar-refractivity contribution in [3.05, 3.63) is 47.7 Å². The van der Waals surface area contributed by atoms with Gasteiger partial charge in [-0.2, -0.15) is 0 Å². The van der Waals surface area contributed by atoms with Gasteiger partial charge in [-0.25, -0.2) is 4.98 Å². The van der Waals surface area contributed by atoms with E-state index in [0.717, 1.165) is 15.5 Å². The van der Waals surface area contributed by atoms with E-state index in [1.165, 1.54) is 0 Å². The first-order valence-electron chi connectivity index (χ1n) is 4.71. The van der Waals surface area contributed by atoms with Gasteiger partial charge in [-0.3, -0.25) is 0 Å². The first-order chi connectivity index (χ1) is 7.78. The molecule has 0 aliphatic heterocycles. The van der Waals surface area contributed by atoms with Gasteiger partial charge >= 0.3 is 0 Å². The van der Waals surface area contributed by atoms with Crippen LogP contribution in [0.3, 0.4) is 0 Å². The minimum absolute atomic E-state index is 0.513. The molecular weight excluding hydrogens is 242 g/mol. The summed E-state index contributed by atoms with van der Waals surface area (Å²) >= 11 is 7.46. The van der Waals surface area contributed by atoms with Crippen LogP contribution >= 0.6 is 23.4 Å². The number of hydrogen-bond acceptors (Lipinski definition) is 3. The minimum atomic E-state index is 0.513. The van der Waals surface area contributed by atoms with E-state index in [2.05, 4.69) is 4.98 Å². The quantitative estimate of drug-likeness (QED) is 0.773. The Balaban J connectivity index is 2.14. The Morgan fingerprint density at radius 2 is 1.88 bits per heavy atom. The smallest absolute Gasteiger partial charge is 0.130 e. The van der Waals surface area contributed by atoms with Crippen molar-refractivity contribution < 1.29 is 4.74 Å². The Morgan fingerprint density at radius 1 is 1.12 bits per heavy atom. The van der Waals surface area contributed by atoms with Gasteiger partial charge in [-0.15, -0.1) is 0 Å². The van der Waals surface area contributed by atoms with E-state index in [1.54, 1.807) is 25.1 Å². The molecule has 0 bridgehead atoms.